The lowest BCUT2D eigenvalue weighted by molar-refractivity contribution is -0.138. The Balaban J connectivity index is 1.26. The second kappa shape index (κ2) is 12.0. The van der Waals surface area contributed by atoms with Crippen LogP contribution in [0.25, 0.3) is 11.3 Å². The molecule has 0 aliphatic carbocycles. The second-order valence-corrected chi connectivity index (χ2v) is 12.9. The minimum Gasteiger partial charge on any atom is -0.367 e. The molecule has 1 N–H and O–H groups in total. The van der Waals surface area contributed by atoms with Crippen LogP contribution in [-0.2, 0) is 14.3 Å². The lowest BCUT2D eigenvalue weighted by Gasteiger charge is -2.32. The number of carbonyl (C=O) groups is 3. The highest BCUT2D eigenvalue weighted by Crippen LogP contribution is 2.34. The van der Waals surface area contributed by atoms with Crippen LogP contribution in [-0.4, -0.2) is 108 Å². The average molecular weight is 572 g/mol. The van der Waals surface area contributed by atoms with Gasteiger partial charge in [-0.05, 0) is 37.8 Å². The number of thiazole rings is 1. The highest BCUT2D eigenvalue weighted by molar-refractivity contribution is 7.99. The van der Waals surface area contributed by atoms with E-state index >= 15 is 0 Å². The number of thioether (sulfide) groups is 1. The minimum absolute atomic E-state index is 0.0413. The van der Waals surface area contributed by atoms with Crippen molar-refractivity contribution >= 4 is 45.8 Å². The Morgan fingerprint density at radius 3 is 2.56 bits per heavy atom. The van der Waals surface area contributed by atoms with Crippen LogP contribution in [0.15, 0.2) is 29.6 Å². The maximum absolute atomic E-state index is 13.7. The van der Waals surface area contributed by atoms with E-state index < -0.39 is 12.1 Å². The third-order valence-electron chi connectivity index (χ3n) is 7.74. The Hall–Kier alpha value is -2.47. The summed E-state index contributed by atoms with van der Waals surface area (Å²) in [5.41, 5.74) is 2.32. The minimum atomic E-state index is -0.712. The predicted octanol–water partition coefficient (Wildman–Crippen LogP) is 2.62. The van der Waals surface area contributed by atoms with E-state index in [1.807, 2.05) is 32.2 Å². The monoisotopic (exact) mass is 571 g/mol. The molecule has 2 amide bonds. The Labute approximate surface area is 238 Å². The first-order valence-electron chi connectivity index (χ1n) is 13.5. The van der Waals surface area contributed by atoms with Crippen molar-refractivity contribution < 1.29 is 19.1 Å². The normalized spacial score (nSPS) is 24.3. The van der Waals surface area contributed by atoms with E-state index in [1.165, 1.54) is 0 Å². The Morgan fingerprint density at radius 1 is 1.18 bits per heavy atom. The largest absolute Gasteiger partial charge is 0.367 e. The summed E-state index contributed by atoms with van der Waals surface area (Å²) in [6, 6.07) is 6.09. The van der Waals surface area contributed by atoms with Crippen molar-refractivity contribution in [1.29, 1.82) is 0 Å². The van der Waals surface area contributed by atoms with Gasteiger partial charge in [-0.2, -0.15) is 11.8 Å². The SMILES string of the molecule is CS[C@H]1CN(C(=O)[C@H](CC(C)C)NC(=O)c2ccc(-c3csc(N4CCN(C)CC4)n3)cc2)[C@@H]2C(=O)CO[C@H]12. The number of benzene rings is 1. The molecule has 0 saturated carbocycles. The van der Waals surface area contributed by atoms with Gasteiger partial charge in [0.25, 0.3) is 5.91 Å². The third kappa shape index (κ3) is 6.01. The molecule has 5 rings (SSSR count). The van der Waals surface area contributed by atoms with Crippen LogP contribution in [0.2, 0.25) is 0 Å². The molecule has 0 spiro atoms. The number of hydrogen-bond donors (Lipinski definition) is 1. The molecule has 39 heavy (non-hydrogen) atoms. The van der Waals surface area contributed by atoms with E-state index in [0.717, 1.165) is 42.6 Å². The fourth-order valence-corrected chi connectivity index (χ4v) is 7.21. The number of carbonyl (C=O) groups excluding carboxylic acids is 3. The van der Waals surface area contributed by atoms with Gasteiger partial charge in [-0.15, -0.1) is 11.3 Å². The average Bonchev–Trinajstić information content (AvgIpc) is 3.65. The molecule has 1 aromatic heterocycles. The number of hydrogen-bond acceptors (Lipinski definition) is 9. The van der Waals surface area contributed by atoms with Crippen molar-refractivity contribution in [2.75, 3.05) is 57.5 Å². The standard InChI is InChI=1S/C28H37N5O4S2/c1-17(2)13-20(27(36)33-14-23(38-4)25-24(33)22(34)15-37-25)29-26(35)19-7-5-18(6-8-19)21-16-39-28(30-21)32-11-9-31(3)10-12-32/h5-8,16-17,20,23-25H,9-15H2,1-4H3,(H,29,35)/t20-,23-,24+,25+/m0/s1. The van der Waals surface area contributed by atoms with E-state index in [1.54, 1.807) is 40.1 Å². The van der Waals surface area contributed by atoms with Gasteiger partial charge in [0.2, 0.25) is 5.91 Å². The number of nitrogens with one attached hydrogen (secondary N) is 1. The number of fused-ring (bicyclic) bond motifs is 1. The number of likely N-dealkylation sites (N-methyl/N-ethyl adjacent to an activating group) is 1. The third-order valence-corrected chi connectivity index (χ3v) is 9.67. The van der Waals surface area contributed by atoms with Gasteiger partial charge in [-0.1, -0.05) is 26.0 Å². The van der Waals surface area contributed by atoms with Crippen molar-refractivity contribution in [3.63, 3.8) is 0 Å². The van der Waals surface area contributed by atoms with Gasteiger partial charge < -0.3 is 24.8 Å². The zero-order valence-electron chi connectivity index (χ0n) is 23.0. The Morgan fingerprint density at radius 2 is 1.90 bits per heavy atom. The molecule has 3 fully saturated rings. The number of amides is 2. The lowest BCUT2D eigenvalue weighted by Crippen LogP contribution is -2.52. The molecule has 1 aromatic carbocycles. The second-order valence-electron chi connectivity index (χ2n) is 11.0. The van der Waals surface area contributed by atoms with Gasteiger partial charge in [0.05, 0.1) is 17.0 Å². The number of Topliss-reactive ketones (excluding diaryl/α,β-unsaturated/α-hetero) is 1. The highest BCUT2D eigenvalue weighted by atomic mass is 32.2. The number of ketones is 1. The molecule has 3 saturated heterocycles. The van der Waals surface area contributed by atoms with Gasteiger partial charge in [0.15, 0.2) is 10.9 Å². The summed E-state index contributed by atoms with van der Waals surface area (Å²) in [6.45, 7) is 8.53. The summed E-state index contributed by atoms with van der Waals surface area (Å²) < 4.78 is 5.71. The lowest BCUT2D eigenvalue weighted by atomic mass is 10.0. The van der Waals surface area contributed by atoms with Gasteiger partial charge in [-0.25, -0.2) is 4.98 Å². The molecule has 3 aliphatic heterocycles. The molecule has 4 atom stereocenters. The van der Waals surface area contributed by atoms with Crippen LogP contribution in [0, 0.1) is 5.92 Å². The molecule has 0 unspecified atom stereocenters. The quantitative estimate of drug-likeness (QED) is 0.517. The van der Waals surface area contributed by atoms with Gasteiger partial charge in [-0.3, -0.25) is 14.4 Å². The zero-order chi connectivity index (χ0) is 27.7. The first-order chi connectivity index (χ1) is 18.7. The summed E-state index contributed by atoms with van der Waals surface area (Å²) in [4.78, 5) is 50.6. The first kappa shape index (κ1) is 28.1. The van der Waals surface area contributed by atoms with Crippen LogP contribution in [0.4, 0.5) is 5.13 Å². The fraction of sp³-hybridized carbons (Fsp3) is 0.571. The topological polar surface area (TPSA) is 95.1 Å². The van der Waals surface area contributed by atoms with Crippen LogP contribution in [0.5, 0.6) is 0 Å². The van der Waals surface area contributed by atoms with Crippen LogP contribution in [0.3, 0.4) is 0 Å². The van der Waals surface area contributed by atoms with Gasteiger partial charge >= 0.3 is 0 Å². The molecule has 0 radical (unpaired) electrons. The molecule has 3 aliphatic rings. The molecular formula is C28H37N5O4S2. The molecule has 0 bridgehead atoms. The number of nitrogens with zero attached hydrogens (tertiary/aromatic N) is 4. The number of piperazine rings is 1. The Kier molecular flexibility index (Phi) is 8.60. The summed E-state index contributed by atoms with van der Waals surface area (Å²) in [7, 11) is 2.14. The number of aromatic nitrogens is 1. The summed E-state index contributed by atoms with van der Waals surface area (Å²) >= 11 is 3.25. The number of anilines is 1. The van der Waals surface area contributed by atoms with Gasteiger partial charge in [0, 0.05) is 49.2 Å². The molecule has 11 heteroatoms. The number of likely N-dealkylation sites (tertiary alicyclic amines) is 1. The maximum Gasteiger partial charge on any atom is 0.251 e. The van der Waals surface area contributed by atoms with Crippen LogP contribution < -0.4 is 10.2 Å². The number of ether oxygens (including phenoxy) is 1. The Bertz CT molecular complexity index is 1190. The van der Waals surface area contributed by atoms with Crippen molar-refractivity contribution in [2.24, 2.45) is 5.92 Å². The fourth-order valence-electron chi connectivity index (χ4n) is 5.51. The molecule has 210 valence electrons. The molecule has 4 heterocycles. The predicted molar refractivity (Wildman–Crippen MR) is 156 cm³/mol. The number of rotatable bonds is 8. The van der Waals surface area contributed by atoms with Crippen LogP contribution >= 0.6 is 23.1 Å². The zero-order valence-corrected chi connectivity index (χ0v) is 24.6. The smallest absolute Gasteiger partial charge is 0.251 e. The molecular weight excluding hydrogens is 534 g/mol. The van der Waals surface area contributed by atoms with Crippen molar-refractivity contribution in [1.82, 2.24) is 20.1 Å². The summed E-state index contributed by atoms with van der Waals surface area (Å²) in [6.07, 6.45) is 2.18. The first-order valence-corrected chi connectivity index (χ1v) is 15.7. The maximum atomic E-state index is 13.7. The molecule has 2 aromatic rings. The van der Waals surface area contributed by atoms with Crippen LogP contribution in [0.1, 0.15) is 30.6 Å². The van der Waals surface area contributed by atoms with E-state index in [4.69, 9.17) is 9.72 Å². The van der Waals surface area contributed by atoms with E-state index in [0.29, 0.717) is 18.5 Å². The molecule has 9 nitrogen and oxygen atoms in total. The van der Waals surface area contributed by atoms with E-state index in [2.05, 4.69) is 27.5 Å². The highest BCUT2D eigenvalue weighted by Gasteiger charge is 2.52. The van der Waals surface area contributed by atoms with Crippen molar-refractivity contribution in [2.45, 2.75) is 43.7 Å². The summed E-state index contributed by atoms with van der Waals surface area (Å²) in [5.74, 6) is -0.389. The van der Waals surface area contributed by atoms with Gasteiger partial charge in [0.1, 0.15) is 18.7 Å². The van der Waals surface area contributed by atoms with Crippen molar-refractivity contribution in [3.05, 3.63) is 35.2 Å². The van der Waals surface area contributed by atoms with E-state index in [-0.39, 0.29) is 41.5 Å². The summed E-state index contributed by atoms with van der Waals surface area (Å²) in [5, 5.41) is 6.09. The van der Waals surface area contributed by atoms with Crippen molar-refractivity contribution in [3.8, 4) is 11.3 Å². The van der Waals surface area contributed by atoms with E-state index in [9.17, 15) is 14.4 Å².